The van der Waals surface area contributed by atoms with Gasteiger partial charge in [-0.1, -0.05) is 23.7 Å². The van der Waals surface area contributed by atoms with Crippen LogP contribution in [0.1, 0.15) is 17.9 Å². The first kappa shape index (κ1) is 9.81. The highest BCUT2D eigenvalue weighted by Crippen LogP contribution is 2.50. The Hall–Kier alpha value is -0.730. The monoisotopic (exact) mass is 211 g/mol. The molecule has 76 valence electrons. The van der Waals surface area contributed by atoms with E-state index < -0.39 is 0 Å². The van der Waals surface area contributed by atoms with Gasteiger partial charge in [-0.2, -0.15) is 0 Å². The highest BCUT2D eigenvalue weighted by molar-refractivity contribution is 6.32. The number of hydrogen-bond donors (Lipinski definition) is 1. The third kappa shape index (κ3) is 1.60. The fourth-order valence-corrected chi connectivity index (χ4v) is 2.18. The molecule has 0 bridgehead atoms. The summed E-state index contributed by atoms with van der Waals surface area (Å²) in [5.41, 5.74) is 6.82. The van der Waals surface area contributed by atoms with Gasteiger partial charge in [0, 0.05) is 0 Å². The third-order valence-electron chi connectivity index (χ3n) is 2.83. The van der Waals surface area contributed by atoms with E-state index in [1.54, 1.807) is 7.11 Å². The molecule has 14 heavy (non-hydrogen) atoms. The van der Waals surface area contributed by atoms with Gasteiger partial charge in [-0.15, -0.1) is 0 Å². The Morgan fingerprint density at radius 3 is 2.93 bits per heavy atom. The predicted molar refractivity (Wildman–Crippen MR) is 57.9 cm³/mol. The van der Waals surface area contributed by atoms with Gasteiger partial charge in [-0.05, 0) is 36.4 Å². The van der Waals surface area contributed by atoms with Gasteiger partial charge in [0.25, 0.3) is 0 Å². The van der Waals surface area contributed by atoms with Crippen LogP contribution in [0.3, 0.4) is 0 Å². The molecule has 2 N–H and O–H groups in total. The first-order valence-electron chi connectivity index (χ1n) is 4.80. The zero-order chi connectivity index (χ0) is 10.1. The molecule has 0 radical (unpaired) electrons. The zero-order valence-corrected chi connectivity index (χ0v) is 8.92. The molecule has 2 atom stereocenters. The topological polar surface area (TPSA) is 35.2 Å². The molecule has 1 aliphatic rings. The van der Waals surface area contributed by atoms with E-state index in [0.717, 1.165) is 18.7 Å². The maximum Gasteiger partial charge on any atom is 0.140 e. The Morgan fingerprint density at radius 1 is 1.57 bits per heavy atom. The van der Waals surface area contributed by atoms with E-state index in [0.29, 0.717) is 16.9 Å². The van der Waals surface area contributed by atoms with Crippen molar-refractivity contribution in [2.75, 3.05) is 13.7 Å². The number of rotatable bonds is 3. The van der Waals surface area contributed by atoms with E-state index in [4.69, 9.17) is 22.1 Å². The summed E-state index contributed by atoms with van der Waals surface area (Å²) in [5.74, 6) is 1.98. The summed E-state index contributed by atoms with van der Waals surface area (Å²) in [4.78, 5) is 0. The molecule has 1 aromatic rings. The molecular formula is C11H14ClNO. The molecule has 0 aromatic heterocycles. The van der Waals surface area contributed by atoms with Crippen LogP contribution >= 0.6 is 11.6 Å². The summed E-state index contributed by atoms with van der Waals surface area (Å²) in [6, 6.07) is 5.89. The van der Waals surface area contributed by atoms with Crippen LogP contribution < -0.4 is 10.5 Å². The standard InChI is InChI=1S/C11H14ClNO/c1-14-11-8(3-2-4-10(11)12)9-5-7(9)6-13/h2-4,7,9H,5-6,13H2,1H3. The van der Waals surface area contributed by atoms with E-state index in [2.05, 4.69) is 6.07 Å². The lowest BCUT2D eigenvalue weighted by Gasteiger charge is -2.09. The van der Waals surface area contributed by atoms with Crippen LogP contribution in [0.5, 0.6) is 5.75 Å². The van der Waals surface area contributed by atoms with E-state index in [-0.39, 0.29) is 0 Å². The van der Waals surface area contributed by atoms with Crippen molar-refractivity contribution in [3.05, 3.63) is 28.8 Å². The Morgan fingerprint density at radius 2 is 2.36 bits per heavy atom. The maximum absolute atomic E-state index is 6.04. The molecule has 2 unspecified atom stereocenters. The van der Waals surface area contributed by atoms with Crippen LogP contribution in [-0.4, -0.2) is 13.7 Å². The summed E-state index contributed by atoms with van der Waals surface area (Å²) in [7, 11) is 1.66. The minimum Gasteiger partial charge on any atom is -0.495 e. The van der Waals surface area contributed by atoms with Crippen molar-refractivity contribution in [1.29, 1.82) is 0 Å². The summed E-state index contributed by atoms with van der Waals surface area (Å²) >= 11 is 6.04. The fraction of sp³-hybridized carbons (Fsp3) is 0.455. The largest absolute Gasteiger partial charge is 0.495 e. The van der Waals surface area contributed by atoms with Crippen molar-refractivity contribution in [1.82, 2.24) is 0 Å². The van der Waals surface area contributed by atoms with E-state index in [9.17, 15) is 0 Å². The first-order chi connectivity index (χ1) is 6.77. The number of hydrogen-bond acceptors (Lipinski definition) is 2. The number of benzene rings is 1. The van der Waals surface area contributed by atoms with Crippen molar-refractivity contribution in [2.45, 2.75) is 12.3 Å². The predicted octanol–water partition coefficient (Wildman–Crippen LogP) is 2.41. The summed E-state index contributed by atoms with van der Waals surface area (Å²) < 4.78 is 5.30. The first-order valence-corrected chi connectivity index (χ1v) is 5.18. The molecule has 1 fully saturated rings. The van der Waals surface area contributed by atoms with E-state index in [1.165, 1.54) is 5.56 Å². The Balaban J connectivity index is 2.29. The van der Waals surface area contributed by atoms with Crippen molar-refractivity contribution < 1.29 is 4.74 Å². The lowest BCUT2D eigenvalue weighted by molar-refractivity contribution is 0.409. The van der Waals surface area contributed by atoms with Crippen LogP contribution in [0.4, 0.5) is 0 Å². The molecule has 0 aliphatic heterocycles. The molecule has 0 amide bonds. The second-order valence-electron chi connectivity index (χ2n) is 3.70. The van der Waals surface area contributed by atoms with Crippen LogP contribution in [-0.2, 0) is 0 Å². The number of halogens is 1. The van der Waals surface area contributed by atoms with Crippen molar-refractivity contribution in [2.24, 2.45) is 11.7 Å². The van der Waals surface area contributed by atoms with Crippen molar-refractivity contribution in [3.8, 4) is 5.75 Å². The number of para-hydroxylation sites is 1. The smallest absolute Gasteiger partial charge is 0.140 e. The van der Waals surface area contributed by atoms with Gasteiger partial charge in [0.15, 0.2) is 0 Å². The molecular weight excluding hydrogens is 198 g/mol. The van der Waals surface area contributed by atoms with Gasteiger partial charge in [-0.3, -0.25) is 0 Å². The molecule has 0 heterocycles. The van der Waals surface area contributed by atoms with Crippen molar-refractivity contribution in [3.63, 3.8) is 0 Å². The molecule has 3 heteroatoms. The van der Waals surface area contributed by atoms with Gasteiger partial charge in [0.05, 0.1) is 12.1 Å². The average molecular weight is 212 g/mol. The van der Waals surface area contributed by atoms with Crippen LogP contribution in [0.2, 0.25) is 5.02 Å². The normalized spacial score (nSPS) is 24.8. The minimum absolute atomic E-state index is 0.550. The zero-order valence-electron chi connectivity index (χ0n) is 8.16. The van der Waals surface area contributed by atoms with Crippen LogP contribution in [0.15, 0.2) is 18.2 Å². The SMILES string of the molecule is COc1c(Cl)cccc1C1CC1CN. The van der Waals surface area contributed by atoms with Gasteiger partial charge in [0.2, 0.25) is 0 Å². The summed E-state index contributed by atoms with van der Waals surface area (Å²) in [6.07, 6.45) is 1.16. The Labute approximate surface area is 89.0 Å². The lowest BCUT2D eigenvalue weighted by atomic mass is 10.1. The average Bonchev–Trinajstić information content (AvgIpc) is 2.96. The Kier molecular flexibility index (Phi) is 2.66. The van der Waals surface area contributed by atoms with Crippen LogP contribution in [0, 0.1) is 5.92 Å². The number of ether oxygens (including phenoxy) is 1. The molecule has 1 aliphatic carbocycles. The minimum atomic E-state index is 0.550. The van der Waals surface area contributed by atoms with Gasteiger partial charge in [-0.25, -0.2) is 0 Å². The van der Waals surface area contributed by atoms with Crippen molar-refractivity contribution >= 4 is 11.6 Å². The van der Waals surface area contributed by atoms with Gasteiger partial charge < -0.3 is 10.5 Å². The second-order valence-corrected chi connectivity index (χ2v) is 4.11. The van der Waals surface area contributed by atoms with Gasteiger partial charge in [0.1, 0.15) is 5.75 Å². The highest BCUT2D eigenvalue weighted by atomic mass is 35.5. The van der Waals surface area contributed by atoms with Crippen LogP contribution in [0.25, 0.3) is 0 Å². The number of nitrogens with two attached hydrogens (primary N) is 1. The molecule has 1 saturated carbocycles. The summed E-state index contributed by atoms with van der Waals surface area (Å²) in [5, 5.41) is 0.688. The Bertz CT molecular complexity index is 340. The molecule has 2 rings (SSSR count). The number of methoxy groups -OCH3 is 1. The highest BCUT2D eigenvalue weighted by Gasteiger charge is 2.39. The second kappa shape index (κ2) is 3.79. The quantitative estimate of drug-likeness (QED) is 0.834. The molecule has 0 saturated heterocycles. The molecule has 2 nitrogen and oxygen atoms in total. The lowest BCUT2D eigenvalue weighted by Crippen LogP contribution is -2.02. The molecule has 0 spiro atoms. The summed E-state index contributed by atoms with van der Waals surface area (Å²) in [6.45, 7) is 0.750. The van der Waals surface area contributed by atoms with E-state index >= 15 is 0 Å². The van der Waals surface area contributed by atoms with E-state index in [1.807, 2.05) is 12.1 Å². The molecule has 1 aromatic carbocycles. The third-order valence-corrected chi connectivity index (χ3v) is 3.12. The fourth-order valence-electron chi connectivity index (χ4n) is 1.92. The van der Waals surface area contributed by atoms with Gasteiger partial charge >= 0.3 is 0 Å². The maximum atomic E-state index is 6.04.